The highest BCUT2D eigenvalue weighted by Crippen LogP contribution is 2.31. The third-order valence-electron chi connectivity index (χ3n) is 3.84. The smallest absolute Gasteiger partial charge is 0.387 e. The molecular formula is C18H14F2N2O5. The van der Waals surface area contributed by atoms with E-state index in [1.165, 1.54) is 31.4 Å². The lowest BCUT2D eigenvalue weighted by atomic mass is 10.1. The number of alkyl halides is 2. The van der Waals surface area contributed by atoms with E-state index >= 15 is 0 Å². The van der Waals surface area contributed by atoms with E-state index in [1.807, 2.05) is 0 Å². The summed E-state index contributed by atoms with van der Waals surface area (Å²) < 4.78 is 34.2. The quantitative estimate of drug-likeness (QED) is 0.783. The molecule has 1 N–H and O–H groups in total. The van der Waals surface area contributed by atoms with Crippen LogP contribution in [0.1, 0.15) is 20.7 Å². The van der Waals surface area contributed by atoms with Gasteiger partial charge in [-0.3, -0.25) is 19.3 Å². The van der Waals surface area contributed by atoms with E-state index in [1.54, 1.807) is 12.1 Å². The molecule has 1 aliphatic rings. The Bertz CT molecular complexity index is 881. The molecule has 9 heteroatoms. The minimum Gasteiger partial charge on any atom is -0.493 e. The van der Waals surface area contributed by atoms with Crippen molar-refractivity contribution in [2.75, 3.05) is 19.0 Å². The number of methoxy groups -OCH3 is 1. The fourth-order valence-electron chi connectivity index (χ4n) is 2.67. The molecule has 0 aromatic heterocycles. The number of hydrogen-bond donors (Lipinski definition) is 1. The fraction of sp³-hybridized carbons (Fsp3) is 0.167. The molecule has 3 rings (SSSR count). The van der Waals surface area contributed by atoms with Gasteiger partial charge in [0.2, 0.25) is 5.91 Å². The number of amides is 3. The molecule has 7 nitrogen and oxygen atoms in total. The lowest BCUT2D eigenvalue weighted by Crippen LogP contribution is -2.37. The van der Waals surface area contributed by atoms with Gasteiger partial charge in [-0.15, -0.1) is 0 Å². The van der Waals surface area contributed by atoms with E-state index < -0.39 is 30.9 Å². The summed E-state index contributed by atoms with van der Waals surface area (Å²) in [5, 5.41) is 2.44. The highest BCUT2D eigenvalue weighted by atomic mass is 19.3. The molecule has 27 heavy (non-hydrogen) atoms. The molecule has 140 valence electrons. The van der Waals surface area contributed by atoms with Crippen LogP contribution in [0.2, 0.25) is 0 Å². The Morgan fingerprint density at radius 3 is 2.26 bits per heavy atom. The van der Waals surface area contributed by atoms with Crippen LogP contribution < -0.4 is 14.8 Å². The van der Waals surface area contributed by atoms with Gasteiger partial charge in [0.25, 0.3) is 11.8 Å². The minimum absolute atomic E-state index is 0.0636. The standard InChI is InChI=1S/C18H14F2N2O5/c1-26-13-7-6-10(8-14(13)27-18(19)20)21-15(23)9-22-16(24)11-4-2-3-5-12(11)17(22)25/h2-8,18H,9H2,1H3,(H,21,23). The van der Waals surface area contributed by atoms with E-state index in [2.05, 4.69) is 10.1 Å². The number of fused-ring (bicyclic) bond motifs is 1. The second-order valence-electron chi connectivity index (χ2n) is 5.53. The first-order chi connectivity index (χ1) is 12.9. The first kappa shape index (κ1) is 18.3. The number of carbonyl (C=O) groups excluding carboxylic acids is 3. The third kappa shape index (κ3) is 3.71. The summed E-state index contributed by atoms with van der Waals surface area (Å²) in [7, 11) is 1.29. The predicted octanol–water partition coefficient (Wildman–Crippen LogP) is 2.53. The summed E-state index contributed by atoms with van der Waals surface area (Å²) in [4.78, 5) is 37.6. The summed E-state index contributed by atoms with van der Waals surface area (Å²) in [6, 6.07) is 10.2. The van der Waals surface area contributed by atoms with E-state index in [-0.39, 0.29) is 28.3 Å². The van der Waals surface area contributed by atoms with Crippen molar-refractivity contribution in [2.45, 2.75) is 6.61 Å². The van der Waals surface area contributed by atoms with Gasteiger partial charge in [0, 0.05) is 11.8 Å². The van der Waals surface area contributed by atoms with Crippen LogP contribution in [0, 0.1) is 0 Å². The topological polar surface area (TPSA) is 84.9 Å². The van der Waals surface area contributed by atoms with Crippen molar-refractivity contribution in [3.05, 3.63) is 53.6 Å². The summed E-state index contributed by atoms with van der Waals surface area (Å²) >= 11 is 0. The molecule has 2 aromatic rings. The third-order valence-corrected chi connectivity index (χ3v) is 3.84. The molecule has 0 unspecified atom stereocenters. The van der Waals surface area contributed by atoms with Gasteiger partial charge in [0.05, 0.1) is 18.2 Å². The van der Waals surface area contributed by atoms with E-state index in [0.29, 0.717) is 0 Å². The molecule has 0 atom stereocenters. The van der Waals surface area contributed by atoms with Crippen LogP contribution in [0.4, 0.5) is 14.5 Å². The summed E-state index contributed by atoms with van der Waals surface area (Å²) in [6.07, 6.45) is 0. The zero-order valence-electron chi connectivity index (χ0n) is 14.1. The highest BCUT2D eigenvalue weighted by Gasteiger charge is 2.36. The zero-order valence-corrected chi connectivity index (χ0v) is 14.1. The van der Waals surface area contributed by atoms with Crippen LogP contribution in [0.25, 0.3) is 0 Å². The lowest BCUT2D eigenvalue weighted by molar-refractivity contribution is -0.116. The molecule has 0 saturated carbocycles. The molecule has 0 saturated heterocycles. The molecule has 3 amide bonds. The van der Waals surface area contributed by atoms with Crippen molar-refractivity contribution in [1.82, 2.24) is 4.90 Å². The Morgan fingerprint density at radius 1 is 1.07 bits per heavy atom. The fourth-order valence-corrected chi connectivity index (χ4v) is 2.67. The van der Waals surface area contributed by atoms with Crippen LogP contribution >= 0.6 is 0 Å². The van der Waals surface area contributed by atoms with E-state index in [9.17, 15) is 23.2 Å². The van der Waals surface area contributed by atoms with Gasteiger partial charge < -0.3 is 14.8 Å². The predicted molar refractivity (Wildman–Crippen MR) is 90.1 cm³/mol. The van der Waals surface area contributed by atoms with Gasteiger partial charge in [0.15, 0.2) is 11.5 Å². The van der Waals surface area contributed by atoms with Gasteiger partial charge in [-0.1, -0.05) is 12.1 Å². The van der Waals surface area contributed by atoms with Crippen LogP contribution in [0.15, 0.2) is 42.5 Å². The number of halogens is 2. The molecular weight excluding hydrogens is 362 g/mol. The summed E-state index contributed by atoms with van der Waals surface area (Å²) in [6.45, 7) is -3.58. The Morgan fingerprint density at radius 2 is 1.70 bits per heavy atom. The molecule has 0 fully saturated rings. The number of imide groups is 1. The average molecular weight is 376 g/mol. The van der Waals surface area contributed by atoms with Gasteiger partial charge in [0.1, 0.15) is 6.54 Å². The van der Waals surface area contributed by atoms with Gasteiger partial charge in [-0.2, -0.15) is 8.78 Å². The number of anilines is 1. The lowest BCUT2D eigenvalue weighted by Gasteiger charge is -2.15. The van der Waals surface area contributed by atoms with Crippen molar-refractivity contribution in [1.29, 1.82) is 0 Å². The molecule has 1 aliphatic heterocycles. The highest BCUT2D eigenvalue weighted by molar-refractivity contribution is 6.22. The second kappa shape index (κ2) is 7.40. The molecule has 0 bridgehead atoms. The van der Waals surface area contributed by atoms with Crippen LogP contribution in [-0.2, 0) is 4.79 Å². The average Bonchev–Trinajstić information content (AvgIpc) is 2.87. The zero-order chi connectivity index (χ0) is 19.6. The van der Waals surface area contributed by atoms with Gasteiger partial charge in [-0.05, 0) is 24.3 Å². The summed E-state index contributed by atoms with van der Waals surface area (Å²) in [5.74, 6) is -2.00. The van der Waals surface area contributed by atoms with Crippen molar-refractivity contribution >= 4 is 23.4 Å². The van der Waals surface area contributed by atoms with Crippen LogP contribution in [-0.4, -0.2) is 42.9 Å². The Labute approximate surface area is 152 Å². The molecule has 1 heterocycles. The van der Waals surface area contributed by atoms with Gasteiger partial charge in [-0.25, -0.2) is 0 Å². The first-order valence-electron chi connectivity index (χ1n) is 7.78. The molecule has 0 aliphatic carbocycles. The number of nitrogens with one attached hydrogen (secondary N) is 1. The first-order valence-corrected chi connectivity index (χ1v) is 7.78. The van der Waals surface area contributed by atoms with Crippen molar-refractivity contribution in [3.63, 3.8) is 0 Å². The molecule has 2 aromatic carbocycles. The van der Waals surface area contributed by atoms with E-state index in [0.717, 1.165) is 11.0 Å². The number of hydrogen-bond acceptors (Lipinski definition) is 5. The Balaban J connectivity index is 1.72. The maximum Gasteiger partial charge on any atom is 0.387 e. The molecule has 0 spiro atoms. The Hall–Kier alpha value is -3.49. The number of rotatable bonds is 6. The number of ether oxygens (including phenoxy) is 2. The summed E-state index contributed by atoms with van der Waals surface area (Å²) in [5.41, 5.74) is 0.604. The van der Waals surface area contributed by atoms with Crippen LogP contribution in [0.5, 0.6) is 11.5 Å². The number of benzene rings is 2. The largest absolute Gasteiger partial charge is 0.493 e. The Kier molecular flexibility index (Phi) is 5.02. The van der Waals surface area contributed by atoms with Gasteiger partial charge >= 0.3 is 6.61 Å². The van der Waals surface area contributed by atoms with Crippen molar-refractivity contribution in [3.8, 4) is 11.5 Å². The minimum atomic E-state index is -3.07. The SMILES string of the molecule is COc1ccc(NC(=O)CN2C(=O)c3ccccc3C2=O)cc1OC(F)F. The monoisotopic (exact) mass is 376 g/mol. The molecule has 0 radical (unpaired) electrons. The maximum atomic E-state index is 12.5. The second-order valence-corrected chi connectivity index (χ2v) is 5.53. The van der Waals surface area contributed by atoms with E-state index in [4.69, 9.17) is 4.74 Å². The maximum absolute atomic E-state index is 12.5. The number of nitrogens with zero attached hydrogens (tertiary/aromatic N) is 1. The van der Waals surface area contributed by atoms with Crippen molar-refractivity contribution in [2.24, 2.45) is 0 Å². The van der Waals surface area contributed by atoms with Crippen LogP contribution in [0.3, 0.4) is 0 Å². The normalized spacial score (nSPS) is 13.0. The number of carbonyl (C=O) groups is 3. The van der Waals surface area contributed by atoms with Crippen molar-refractivity contribution < 1.29 is 32.6 Å².